The van der Waals surface area contributed by atoms with Crippen LogP contribution in [0.4, 0.5) is 0 Å². The zero-order valence-corrected chi connectivity index (χ0v) is 15.1. The molecule has 5 heteroatoms. The van der Waals surface area contributed by atoms with Gasteiger partial charge in [-0.25, -0.2) is 9.34 Å². The molecule has 0 spiro atoms. The summed E-state index contributed by atoms with van der Waals surface area (Å²) in [6, 6.07) is 0.713. The van der Waals surface area contributed by atoms with Crippen LogP contribution in [0.2, 0.25) is 0 Å². The van der Waals surface area contributed by atoms with Crippen LogP contribution in [0.15, 0.2) is 0 Å². The molecule has 0 unspecified atom stereocenters. The van der Waals surface area contributed by atoms with E-state index in [0.717, 1.165) is 0 Å². The summed E-state index contributed by atoms with van der Waals surface area (Å²) in [6.45, 7) is 19.0. The molecule has 0 aliphatic heterocycles. The Morgan fingerprint density at radius 3 is 1.21 bits per heavy atom. The molecular formula is C14H33N2O2P. The van der Waals surface area contributed by atoms with Crippen LogP contribution in [0, 0.1) is 0 Å². The number of nitrogens with zero attached hydrogens (tertiary/aromatic N) is 2. The van der Waals surface area contributed by atoms with E-state index < -0.39 is 7.67 Å². The summed E-state index contributed by atoms with van der Waals surface area (Å²) in [5.74, 6) is 0. The fourth-order valence-electron chi connectivity index (χ4n) is 2.78. The van der Waals surface area contributed by atoms with E-state index in [-0.39, 0.29) is 24.2 Å². The van der Waals surface area contributed by atoms with Gasteiger partial charge in [0.1, 0.15) is 0 Å². The topological polar surface area (TPSA) is 32.8 Å². The number of rotatable bonds is 8. The maximum absolute atomic E-state index is 13.6. The molecule has 0 N–H and O–H groups in total. The van der Waals surface area contributed by atoms with Crippen molar-refractivity contribution < 1.29 is 9.09 Å². The molecule has 0 atom stereocenters. The zero-order chi connectivity index (χ0) is 15.4. The van der Waals surface area contributed by atoms with E-state index in [1.54, 1.807) is 0 Å². The summed E-state index contributed by atoms with van der Waals surface area (Å²) in [4.78, 5) is 0. The summed E-state index contributed by atoms with van der Waals surface area (Å²) < 4.78 is 23.5. The van der Waals surface area contributed by atoms with Crippen LogP contribution in [-0.2, 0) is 9.09 Å². The maximum Gasteiger partial charge on any atom is 0.346 e. The van der Waals surface area contributed by atoms with Gasteiger partial charge in [0.25, 0.3) is 0 Å². The highest BCUT2D eigenvalue weighted by Crippen LogP contribution is 2.58. The third-order valence-electron chi connectivity index (χ3n) is 3.00. The first-order valence-electron chi connectivity index (χ1n) is 7.41. The molecule has 4 nitrogen and oxygen atoms in total. The molecule has 0 saturated carbocycles. The van der Waals surface area contributed by atoms with Crippen LogP contribution >= 0.6 is 7.67 Å². The van der Waals surface area contributed by atoms with Gasteiger partial charge in [-0.05, 0) is 62.3 Å². The van der Waals surface area contributed by atoms with Crippen molar-refractivity contribution in [2.75, 3.05) is 6.61 Å². The van der Waals surface area contributed by atoms with Gasteiger partial charge in [-0.15, -0.1) is 0 Å². The lowest BCUT2D eigenvalue weighted by Crippen LogP contribution is -2.45. The molecule has 0 amide bonds. The molecule has 0 aliphatic rings. The largest absolute Gasteiger partial charge is 0.346 e. The Morgan fingerprint density at radius 1 is 0.789 bits per heavy atom. The standard InChI is InChI=1S/C14H33N2O2P/c1-10-18-19(17,15(11(2)3)12(4)5)16(13(6)7)14(8)9/h11-14H,10H2,1-9H3. The molecule has 0 saturated heterocycles. The van der Waals surface area contributed by atoms with Crippen molar-refractivity contribution in [3.63, 3.8) is 0 Å². The molecule has 0 rings (SSSR count). The Labute approximate surface area is 120 Å². The molecule has 0 radical (unpaired) electrons. The van der Waals surface area contributed by atoms with Crippen LogP contribution in [0.5, 0.6) is 0 Å². The summed E-state index contributed by atoms with van der Waals surface area (Å²) in [7, 11) is -3.00. The van der Waals surface area contributed by atoms with Crippen molar-refractivity contribution in [1.29, 1.82) is 0 Å². The van der Waals surface area contributed by atoms with Crippen LogP contribution in [0.25, 0.3) is 0 Å². The van der Waals surface area contributed by atoms with Gasteiger partial charge < -0.3 is 4.52 Å². The van der Waals surface area contributed by atoms with Gasteiger partial charge in [0.05, 0.1) is 6.61 Å². The van der Waals surface area contributed by atoms with Crippen molar-refractivity contribution in [3.8, 4) is 0 Å². The highest BCUT2D eigenvalue weighted by Gasteiger charge is 2.43. The van der Waals surface area contributed by atoms with Gasteiger partial charge in [-0.1, -0.05) is 0 Å². The van der Waals surface area contributed by atoms with Crippen molar-refractivity contribution >= 4 is 7.67 Å². The van der Waals surface area contributed by atoms with E-state index in [4.69, 9.17) is 4.52 Å². The van der Waals surface area contributed by atoms with E-state index in [1.807, 2.05) is 16.3 Å². The average Bonchev–Trinajstić information content (AvgIpc) is 2.13. The second kappa shape index (κ2) is 7.78. The molecule has 0 aromatic carbocycles. The highest BCUT2D eigenvalue weighted by atomic mass is 31.2. The second-order valence-electron chi connectivity index (χ2n) is 6.04. The van der Waals surface area contributed by atoms with Gasteiger partial charge in [0.15, 0.2) is 0 Å². The number of hydrogen-bond donors (Lipinski definition) is 0. The van der Waals surface area contributed by atoms with E-state index in [1.165, 1.54) is 0 Å². The molecule has 0 heterocycles. The van der Waals surface area contributed by atoms with E-state index >= 15 is 0 Å². The Balaban J connectivity index is 5.72. The van der Waals surface area contributed by atoms with E-state index in [9.17, 15) is 4.57 Å². The van der Waals surface area contributed by atoms with Gasteiger partial charge in [-0.2, -0.15) is 0 Å². The first-order valence-corrected chi connectivity index (χ1v) is 8.94. The average molecular weight is 292 g/mol. The molecule has 0 aliphatic carbocycles. The lowest BCUT2D eigenvalue weighted by Gasteiger charge is -2.45. The van der Waals surface area contributed by atoms with Crippen molar-refractivity contribution in [2.24, 2.45) is 0 Å². The van der Waals surface area contributed by atoms with Crippen molar-refractivity contribution in [3.05, 3.63) is 0 Å². The van der Waals surface area contributed by atoms with Crippen molar-refractivity contribution in [2.45, 2.75) is 86.5 Å². The van der Waals surface area contributed by atoms with Gasteiger partial charge in [0.2, 0.25) is 0 Å². The molecule has 19 heavy (non-hydrogen) atoms. The lowest BCUT2D eigenvalue weighted by atomic mass is 10.3. The Morgan fingerprint density at radius 2 is 1.05 bits per heavy atom. The Hall–Kier alpha value is 0.110. The molecule has 0 aromatic heterocycles. The number of hydrogen-bond acceptors (Lipinski definition) is 2. The fourth-order valence-corrected chi connectivity index (χ4v) is 5.96. The van der Waals surface area contributed by atoms with E-state index in [0.29, 0.717) is 6.61 Å². The summed E-state index contributed by atoms with van der Waals surface area (Å²) in [6.07, 6.45) is 0. The van der Waals surface area contributed by atoms with Gasteiger partial charge >= 0.3 is 7.67 Å². The summed E-state index contributed by atoms with van der Waals surface area (Å²) >= 11 is 0. The summed E-state index contributed by atoms with van der Waals surface area (Å²) in [5, 5.41) is 0. The van der Waals surface area contributed by atoms with Crippen molar-refractivity contribution in [1.82, 2.24) is 9.34 Å². The van der Waals surface area contributed by atoms with Crippen LogP contribution in [0.3, 0.4) is 0 Å². The van der Waals surface area contributed by atoms with Crippen LogP contribution < -0.4 is 0 Å². The fraction of sp³-hybridized carbons (Fsp3) is 1.00. The third-order valence-corrected chi connectivity index (χ3v) is 6.61. The third kappa shape index (κ3) is 4.56. The monoisotopic (exact) mass is 292 g/mol. The van der Waals surface area contributed by atoms with Gasteiger partial charge in [-0.3, -0.25) is 4.57 Å². The van der Waals surface area contributed by atoms with Crippen LogP contribution in [-0.4, -0.2) is 40.1 Å². The normalized spacial score (nSPS) is 13.8. The minimum Gasteiger partial charge on any atom is -0.306 e. The Bertz CT molecular complexity index is 264. The van der Waals surface area contributed by atoms with Gasteiger partial charge in [0, 0.05) is 24.2 Å². The molecule has 0 bridgehead atoms. The highest BCUT2D eigenvalue weighted by molar-refractivity contribution is 7.54. The second-order valence-corrected chi connectivity index (χ2v) is 8.21. The quantitative estimate of drug-likeness (QED) is 0.622. The SMILES string of the molecule is CCOP(=O)(N(C(C)C)C(C)C)N(C(C)C)C(C)C. The zero-order valence-electron chi connectivity index (χ0n) is 14.2. The molecular weight excluding hydrogens is 259 g/mol. The summed E-state index contributed by atoms with van der Waals surface area (Å²) in [5.41, 5.74) is 0. The molecule has 0 aromatic rings. The first-order chi connectivity index (χ1) is 8.59. The predicted molar refractivity (Wildman–Crippen MR) is 83.5 cm³/mol. The first kappa shape index (κ1) is 19.1. The van der Waals surface area contributed by atoms with E-state index in [2.05, 4.69) is 55.4 Å². The predicted octanol–water partition coefficient (Wildman–Crippen LogP) is 4.37. The maximum atomic E-state index is 13.6. The molecule has 116 valence electrons. The Kier molecular flexibility index (Phi) is 7.82. The minimum absolute atomic E-state index is 0.178. The molecule has 0 fully saturated rings. The lowest BCUT2D eigenvalue weighted by molar-refractivity contribution is 0.152. The minimum atomic E-state index is -3.00. The smallest absolute Gasteiger partial charge is 0.306 e. The van der Waals surface area contributed by atoms with Crippen LogP contribution in [0.1, 0.15) is 62.3 Å².